The highest BCUT2D eigenvalue weighted by Gasteiger charge is 2.54. The number of benzene rings is 7. The minimum absolute atomic E-state index is 0.155. The second kappa shape index (κ2) is 10.3. The lowest BCUT2D eigenvalue weighted by Gasteiger charge is -2.44. The normalized spacial score (nSPS) is 17.2. The highest BCUT2D eigenvalue weighted by atomic mass is 32.2. The van der Waals surface area contributed by atoms with Crippen molar-refractivity contribution >= 4 is 43.6 Å². The zero-order chi connectivity index (χ0) is 33.0. The standard InChI is InChI=1S/C47H31N2S/c1-50-43-24-7-4-19-38(43)47(37-18-3-6-23-42(37)49-41-22-5-2-14-35(41)36-17-10-20-39(47)45(36)49)40-21-9-16-34(46(40)50)31-27-25-30(26-28-31)33-15-8-12-32-13-11-29-48-44(32)33/h2-29H,1H3/q+1. The second-order valence-electron chi connectivity index (χ2n) is 13.5. The number of fused-ring (bicyclic) bond motifs is 12. The Hall–Kier alpha value is -5.90. The maximum atomic E-state index is 4.74. The van der Waals surface area contributed by atoms with Gasteiger partial charge in [0.25, 0.3) is 0 Å². The van der Waals surface area contributed by atoms with Crippen LogP contribution in [0.15, 0.2) is 180 Å². The summed E-state index contributed by atoms with van der Waals surface area (Å²) in [7, 11) is -0.155. The van der Waals surface area contributed by atoms with E-state index in [0.29, 0.717) is 0 Å². The van der Waals surface area contributed by atoms with Crippen LogP contribution in [-0.2, 0) is 16.3 Å². The van der Waals surface area contributed by atoms with Crippen molar-refractivity contribution in [1.82, 2.24) is 9.55 Å². The van der Waals surface area contributed by atoms with Crippen LogP contribution in [0.25, 0.3) is 60.6 Å². The molecule has 0 saturated carbocycles. The second-order valence-corrected chi connectivity index (χ2v) is 15.3. The van der Waals surface area contributed by atoms with E-state index in [1.54, 1.807) is 0 Å². The first-order valence-electron chi connectivity index (χ1n) is 17.2. The van der Waals surface area contributed by atoms with Crippen molar-refractivity contribution in [3.8, 4) is 27.9 Å². The van der Waals surface area contributed by atoms with Crippen LogP contribution in [-0.4, -0.2) is 15.8 Å². The molecule has 0 N–H and O–H groups in total. The number of pyridine rings is 1. The third-order valence-corrected chi connectivity index (χ3v) is 13.2. The van der Waals surface area contributed by atoms with E-state index in [9.17, 15) is 0 Å². The first kappa shape index (κ1) is 28.0. The number of nitrogens with zero attached hydrogens (tertiary/aromatic N) is 2. The quantitative estimate of drug-likeness (QED) is 0.170. The van der Waals surface area contributed by atoms with Crippen LogP contribution in [0.1, 0.15) is 22.3 Å². The van der Waals surface area contributed by atoms with Gasteiger partial charge in [0.1, 0.15) is 6.26 Å². The smallest absolute Gasteiger partial charge is 0.172 e. The summed E-state index contributed by atoms with van der Waals surface area (Å²) in [4.78, 5) is 7.59. The summed E-state index contributed by atoms with van der Waals surface area (Å²) in [5.74, 6) is 0. The maximum Gasteiger partial charge on any atom is 0.172 e. The van der Waals surface area contributed by atoms with Crippen LogP contribution in [0.2, 0.25) is 0 Å². The van der Waals surface area contributed by atoms with Crippen molar-refractivity contribution in [2.75, 3.05) is 6.26 Å². The van der Waals surface area contributed by atoms with Gasteiger partial charge in [-0.25, -0.2) is 0 Å². The molecule has 4 heterocycles. The van der Waals surface area contributed by atoms with Gasteiger partial charge in [0.2, 0.25) is 0 Å². The molecule has 11 rings (SSSR count). The predicted molar refractivity (Wildman–Crippen MR) is 209 cm³/mol. The molecule has 2 unspecified atom stereocenters. The van der Waals surface area contributed by atoms with E-state index in [-0.39, 0.29) is 10.9 Å². The monoisotopic (exact) mass is 655 g/mol. The Morgan fingerprint density at radius 1 is 0.520 bits per heavy atom. The van der Waals surface area contributed by atoms with Crippen molar-refractivity contribution in [1.29, 1.82) is 0 Å². The molecule has 2 aromatic heterocycles. The Kier molecular flexibility index (Phi) is 5.77. The molecule has 0 fully saturated rings. The Morgan fingerprint density at radius 3 is 2.06 bits per heavy atom. The summed E-state index contributed by atoms with van der Waals surface area (Å²) in [6.45, 7) is 0. The Balaban J connectivity index is 1.21. The number of para-hydroxylation sites is 4. The summed E-state index contributed by atoms with van der Waals surface area (Å²) >= 11 is 0. The molecule has 1 spiro atoms. The molecule has 234 valence electrons. The molecular weight excluding hydrogens is 625 g/mol. The van der Waals surface area contributed by atoms with Crippen molar-refractivity contribution in [2.45, 2.75) is 15.2 Å². The summed E-state index contributed by atoms with van der Waals surface area (Å²) in [6.07, 6.45) is 4.31. The molecule has 7 aromatic carbocycles. The molecule has 2 atom stereocenters. The number of hydrogen-bond acceptors (Lipinski definition) is 1. The minimum Gasteiger partial charge on any atom is -0.309 e. The molecule has 2 aliphatic rings. The largest absolute Gasteiger partial charge is 0.309 e. The van der Waals surface area contributed by atoms with E-state index in [1.807, 2.05) is 12.3 Å². The lowest BCUT2D eigenvalue weighted by Crippen LogP contribution is -2.40. The molecule has 9 aromatic rings. The van der Waals surface area contributed by atoms with Gasteiger partial charge in [-0.1, -0.05) is 133 Å². The molecule has 50 heavy (non-hydrogen) atoms. The Bertz CT molecular complexity index is 2840. The average Bonchev–Trinajstić information content (AvgIpc) is 3.53. The number of hydrogen-bond donors (Lipinski definition) is 0. The molecular formula is C47H31N2S+. The Morgan fingerprint density at radius 2 is 1.16 bits per heavy atom. The van der Waals surface area contributed by atoms with Crippen molar-refractivity contribution in [3.05, 3.63) is 192 Å². The molecule has 0 radical (unpaired) electrons. The lowest BCUT2D eigenvalue weighted by molar-refractivity contribution is 0.688. The van der Waals surface area contributed by atoms with Gasteiger partial charge in [-0.05, 0) is 52.6 Å². The van der Waals surface area contributed by atoms with E-state index >= 15 is 0 Å². The summed E-state index contributed by atoms with van der Waals surface area (Å²) in [5.41, 5.74) is 14.7. The fraction of sp³-hybridized carbons (Fsp3) is 0.0426. The van der Waals surface area contributed by atoms with Crippen LogP contribution in [0.5, 0.6) is 0 Å². The van der Waals surface area contributed by atoms with E-state index in [2.05, 4.69) is 169 Å². The van der Waals surface area contributed by atoms with Gasteiger partial charge < -0.3 is 4.57 Å². The van der Waals surface area contributed by atoms with Gasteiger partial charge in [0.05, 0.1) is 38.5 Å². The minimum atomic E-state index is -0.476. The van der Waals surface area contributed by atoms with E-state index in [0.717, 1.165) is 16.5 Å². The van der Waals surface area contributed by atoms with Gasteiger partial charge in [-0.15, -0.1) is 0 Å². The zero-order valence-corrected chi connectivity index (χ0v) is 28.3. The summed E-state index contributed by atoms with van der Waals surface area (Å²) in [5, 5.41) is 3.76. The zero-order valence-electron chi connectivity index (χ0n) is 27.5. The van der Waals surface area contributed by atoms with Crippen LogP contribution in [0.4, 0.5) is 0 Å². The fourth-order valence-electron chi connectivity index (χ4n) is 9.14. The first-order chi connectivity index (χ1) is 24.7. The van der Waals surface area contributed by atoms with Crippen molar-refractivity contribution in [2.24, 2.45) is 0 Å². The highest BCUT2D eigenvalue weighted by molar-refractivity contribution is 7.96. The van der Waals surface area contributed by atoms with Gasteiger partial charge in [0, 0.05) is 44.6 Å². The third kappa shape index (κ3) is 3.52. The lowest BCUT2D eigenvalue weighted by atomic mass is 9.62. The van der Waals surface area contributed by atoms with Gasteiger partial charge >= 0.3 is 0 Å². The highest BCUT2D eigenvalue weighted by Crippen LogP contribution is 2.60. The van der Waals surface area contributed by atoms with Gasteiger partial charge in [-0.3, -0.25) is 4.98 Å². The Labute approximate surface area is 293 Å². The third-order valence-electron chi connectivity index (χ3n) is 11.1. The van der Waals surface area contributed by atoms with Gasteiger partial charge in [0.15, 0.2) is 9.79 Å². The van der Waals surface area contributed by atoms with Crippen molar-refractivity contribution in [3.63, 3.8) is 0 Å². The van der Waals surface area contributed by atoms with Crippen LogP contribution in [0.3, 0.4) is 0 Å². The van der Waals surface area contributed by atoms with Crippen LogP contribution >= 0.6 is 0 Å². The predicted octanol–water partition coefficient (Wildman–Crippen LogP) is 11.3. The van der Waals surface area contributed by atoms with Crippen molar-refractivity contribution < 1.29 is 0 Å². The topological polar surface area (TPSA) is 17.8 Å². The SMILES string of the molecule is C[S+]1c2ccccc2C2(c3ccccc3-n3c4ccccc4c4cccc2c43)c2cccc(-c3ccc(-c4cccc5cccnc45)cc3)c21. The number of rotatable bonds is 2. The first-order valence-corrected chi connectivity index (χ1v) is 18.8. The summed E-state index contributed by atoms with van der Waals surface area (Å²) < 4.78 is 2.52. The molecule has 0 aliphatic carbocycles. The molecule has 3 heteroatoms. The number of aromatic nitrogens is 2. The van der Waals surface area contributed by atoms with E-state index in [1.165, 1.54) is 76.2 Å². The molecule has 2 nitrogen and oxygen atoms in total. The fourth-order valence-corrected chi connectivity index (χ4v) is 11.3. The average molecular weight is 656 g/mol. The van der Waals surface area contributed by atoms with Gasteiger partial charge in [-0.2, -0.15) is 0 Å². The molecule has 2 aliphatic heterocycles. The maximum absolute atomic E-state index is 4.74. The van der Waals surface area contributed by atoms with E-state index < -0.39 is 5.41 Å². The van der Waals surface area contributed by atoms with Crippen LogP contribution < -0.4 is 0 Å². The molecule has 0 amide bonds. The molecule has 0 saturated heterocycles. The van der Waals surface area contributed by atoms with Crippen LogP contribution in [0, 0.1) is 0 Å². The summed E-state index contributed by atoms with van der Waals surface area (Å²) in [6, 6.07) is 61.0. The molecule has 0 bridgehead atoms. The van der Waals surface area contributed by atoms with E-state index in [4.69, 9.17) is 4.98 Å².